The van der Waals surface area contributed by atoms with E-state index in [4.69, 9.17) is 33.0 Å². The molecule has 62 valence electrons. The van der Waals surface area contributed by atoms with Crippen LogP contribution < -0.4 is 0 Å². The number of aliphatic hydroxyl groups excluding tert-OH is 1. The predicted molar refractivity (Wildman–Crippen MR) is 51.2 cm³/mol. The molecule has 0 aliphatic rings. The molecule has 1 unspecified atom stereocenters. The Kier molecular flexibility index (Phi) is 7.76. The Labute approximate surface area is 84.0 Å². The number of rotatable bonds is 5. The molecule has 0 rings (SSSR count). The number of aliphatic hydroxyl groups is 1. The van der Waals surface area contributed by atoms with Crippen LogP contribution in [0.3, 0.4) is 0 Å². The van der Waals surface area contributed by atoms with Gasteiger partial charge in [-0.1, -0.05) is 22.6 Å². The van der Waals surface area contributed by atoms with Gasteiger partial charge in [-0.25, -0.2) is 0 Å². The Balaban J connectivity index is 3.13. The van der Waals surface area contributed by atoms with Gasteiger partial charge in [-0.05, 0) is 0 Å². The van der Waals surface area contributed by atoms with E-state index in [-0.39, 0.29) is 9.99 Å². The van der Waals surface area contributed by atoms with Gasteiger partial charge < -0.3 is 9.84 Å². The fraction of sp³-hybridized carbons (Fsp3) is 1.00. The van der Waals surface area contributed by atoms with Crippen LogP contribution in [0.5, 0.6) is 0 Å². The van der Waals surface area contributed by atoms with Crippen molar-refractivity contribution in [1.29, 1.82) is 0 Å². The van der Waals surface area contributed by atoms with Crippen molar-refractivity contribution in [3.8, 4) is 0 Å². The standard InChI is InChI=1S/C5H9Cl2IO2/c6-1-2-10-3-4(9)5(7)8/h4-5,9H,1-3H2/t4?,5-/m1/s1. The molecule has 0 bridgehead atoms. The fourth-order valence-corrected chi connectivity index (χ4v) is 0.721. The van der Waals surface area contributed by atoms with Crippen molar-refractivity contribution in [2.45, 2.75) is 9.49 Å². The Morgan fingerprint density at radius 3 is 2.60 bits per heavy atom. The molecule has 0 aromatic carbocycles. The van der Waals surface area contributed by atoms with Gasteiger partial charge in [0.2, 0.25) is 0 Å². The van der Waals surface area contributed by atoms with E-state index in [1.807, 2.05) is 22.6 Å². The number of hydrogen-bond acceptors (Lipinski definition) is 2. The third kappa shape index (κ3) is 5.97. The number of halogens is 3. The van der Waals surface area contributed by atoms with Gasteiger partial charge in [0.25, 0.3) is 0 Å². The Morgan fingerprint density at radius 2 is 2.20 bits per heavy atom. The van der Waals surface area contributed by atoms with Crippen molar-refractivity contribution in [3.05, 3.63) is 0 Å². The molecule has 0 aliphatic carbocycles. The maximum Gasteiger partial charge on any atom is 0.113 e. The van der Waals surface area contributed by atoms with Gasteiger partial charge >= 0.3 is 0 Å². The van der Waals surface area contributed by atoms with E-state index >= 15 is 0 Å². The summed E-state index contributed by atoms with van der Waals surface area (Å²) in [6, 6.07) is 0. The van der Waals surface area contributed by atoms with Crippen molar-refractivity contribution in [1.82, 2.24) is 0 Å². The van der Waals surface area contributed by atoms with Crippen molar-refractivity contribution in [3.63, 3.8) is 0 Å². The molecule has 2 nitrogen and oxygen atoms in total. The summed E-state index contributed by atoms with van der Waals surface area (Å²) in [4.78, 5) is 0. The summed E-state index contributed by atoms with van der Waals surface area (Å²) in [5.41, 5.74) is 0. The maximum atomic E-state index is 9.05. The lowest BCUT2D eigenvalue weighted by Gasteiger charge is -2.10. The summed E-state index contributed by atoms with van der Waals surface area (Å²) in [6.45, 7) is 0.711. The maximum absolute atomic E-state index is 9.05. The van der Waals surface area contributed by atoms with Crippen LogP contribution >= 0.6 is 45.8 Å². The molecule has 0 amide bonds. The van der Waals surface area contributed by atoms with Gasteiger partial charge in [0.05, 0.1) is 13.2 Å². The molecule has 2 atom stereocenters. The molecule has 0 fully saturated rings. The SMILES string of the molecule is OC(COCCCl)[C@H](Cl)I. The summed E-state index contributed by atoms with van der Waals surface area (Å²) in [7, 11) is 0. The number of hydrogen-bond donors (Lipinski definition) is 1. The Morgan fingerprint density at radius 1 is 1.60 bits per heavy atom. The molecular formula is C5H9Cl2IO2. The summed E-state index contributed by atoms with van der Waals surface area (Å²) in [5.74, 6) is 0.445. The first kappa shape index (κ1) is 11.2. The second-order valence-corrected chi connectivity index (χ2v) is 4.59. The van der Waals surface area contributed by atoms with E-state index in [1.54, 1.807) is 0 Å². The molecule has 10 heavy (non-hydrogen) atoms. The van der Waals surface area contributed by atoms with Crippen LogP contribution in [0.1, 0.15) is 0 Å². The van der Waals surface area contributed by atoms with Crippen LogP contribution in [0.4, 0.5) is 0 Å². The number of ether oxygens (including phenoxy) is 1. The highest BCUT2D eigenvalue weighted by Crippen LogP contribution is 2.11. The van der Waals surface area contributed by atoms with Crippen LogP contribution in [0.25, 0.3) is 0 Å². The molecule has 0 saturated carbocycles. The second kappa shape index (κ2) is 6.91. The minimum Gasteiger partial charge on any atom is -0.388 e. The zero-order valence-corrected chi connectivity index (χ0v) is 8.93. The first-order chi connectivity index (χ1) is 4.68. The first-order valence-corrected chi connectivity index (χ1v) is 5.00. The molecular weight excluding hydrogens is 290 g/mol. The lowest BCUT2D eigenvalue weighted by Crippen LogP contribution is -2.22. The van der Waals surface area contributed by atoms with Crippen LogP contribution in [0, 0.1) is 0 Å². The Bertz CT molecular complexity index is 82.0. The van der Waals surface area contributed by atoms with Crippen molar-refractivity contribution >= 4 is 45.8 Å². The quantitative estimate of drug-likeness (QED) is 0.475. The van der Waals surface area contributed by atoms with Crippen molar-refractivity contribution in [2.24, 2.45) is 0 Å². The molecule has 0 aliphatic heterocycles. The molecule has 0 aromatic rings. The summed E-state index contributed by atoms with van der Waals surface area (Å²) >= 11 is 12.8. The lowest BCUT2D eigenvalue weighted by atomic mass is 10.4. The summed E-state index contributed by atoms with van der Waals surface area (Å²) in [6.07, 6.45) is -0.606. The van der Waals surface area contributed by atoms with Gasteiger partial charge in [-0.2, -0.15) is 0 Å². The third-order valence-corrected chi connectivity index (χ3v) is 2.08. The smallest absolute Gasteiger partial charge is 0.113 e. The van der Waals surface area contributed by atoms with Gasteiger partial charge in [0, 0.05) is 5.88 Å². The molecule has 0 radical (unpaired) electrons. The van der Waals surface area contributed by atoms with E-state index in [9.17, 15) is 0 Å². The topological polar surface area (TPSA) is 29.5 Å². The van der Waals surface area contributed by atoms with Crippen LogP contribution in [-0.4, -0.2) is 33.7 Å². The van der Waals surface area contributed by atoms with Gasteiger partial charge in [-0.3, -0.25) is 0 Å². The fourth-order valence-electron chi connectivity index (χ4n) is 0.331. The summed E-state index contributed by atoms with van der Waals surface area (Å²) < 4.78 is 4.64. The van der Waals surface area contributed by atoms with E-state index < -0.39 is 6.10 Å². The van der Waals surface area contributed by atoms with Gasteiger partial charge in [0.15, 0.2) is 0 Å². The highest BCUT2D eigenvalue weighted by molar-refractivity contribution is 14.1. The molecule has 1 N–H and O–H groups in total. The molecule has 0 heterocycles. The molecule has 5 heteroatoms. The highest BCUT2D eigenvalue weighted by Gasteiger charge is 2.11. The van der Waals surface area contributed by atoms with Crippen LogP contribution in [0.15, 0.2) is 0 Å². The number of alkyl halides is 3. The minimum atomic E-state index is -0.606. The van der Waals surface area contributed by atoms with E-state index in [0.717, 1.165) is 0 Å². The molecule has 0 aromatic heterocycles. The Hall–Kier alpha value is 1.23. The third-order valence-electron chi connectivity index (χ3n) is 0.801. The summed E-state index contributed by atoms with van der Waals surface area (Å²) in [5, 5.41) is 9.05. The molecule has 0 saturated heterocycles. The zero-order valence-electron chi connectivity index (χ0n) is 5.27. The van der Waals surface area contributed by atoms with Crippen molar-refractivity contribution < 1.29 is 9.84 Å². The average molecular weight is 299 g/mol. The zero-order chi connectivity index (χ0) is 7.98. The van der Waals surface area contributed by atoms with E-state index in [0.29, 0.717) is 12.5 Å². The second-order valence-electron chi connectivity index (χ2n) is 1.67. The normalized spacial score (nSPS) is 16.8. The predicted octanol–water partition coefficient (Wildman–Crippen LogP) is 1.60. The minimum absolute atomic E-state index is 0.254. The van der Waals surface area contributed by atoms with Gasteiger partial charge in [-0.15, -0.1) is 23.2 Å². The highest BCUT2D eigenvalue weighted by atomic mass is 127. The first-order valence-electron chi connectivity index (χ1n) is 2.78. The van der Waals surface area contributed by atoms with Crippen LogP contribution in [-0.2, 0) is 4.74 Å². The van der Waals surface area contributed by atoms with Crippen molar-refractivity contribution in [2.75, 3.05) is 19.1 Å². The van der Waals surface area contributed by atoms with E-state index in [2.05, 4.69) is 0 Å². The molecule has 0 spiro atoms. The average Bonchev–Trinajstić information content (AvgIpc) is 1.88. The van der Waals surface area contributed by atoms with E-state index in [1.165, 1.54) is 0 Å². The monoisotopic (exact) mass is 298 g/mol. The largest absolute Gasteiger partial charge is 0.388 e. The van der Waals surface area contributed by atoms with Gasteiger partial charge in [0.1, 0.15) is 9.49 Å². The van der Waals surface area contributed by atoms with Crippen LogP contribution in [0.2, 0.25) is 0 Å². The lowest BCUT2D eigenvalue weighted by molar-refractivity contribution is 0.0532.